The molecule has 2 aromatic carbocycles. The molecular formula is C36H44N4O4S2. The number of nitrogens with one attached hydrogen (secondary N) is 1. The molecule has 0 radical (unpaired) electrons. The van der Waals surface area contributed by atoms with E-state index in [4.69, 9.17) is 5.41 Å². The van der Waals surface area contributed by atoms with Gasteiger partial charge >= 0.3 is 0 Å². The number of phenols is 2. The number of hydrogen-bond donors (Lipinski definition) is 3. The number of benzene rings is 2. The molecule has 1 aliphatic rings. The molecule has 1 saturated heterocycles. The second kappa shape index (κ2) is 20.7. The Bertz CT molecular complexity index is 1470. The molecule has 0 bridgehead atoms. The van der Waals surface area contributed by atoms with Crippen LogP contribution in [0.4, 0.5) is 5.82 Å². The van der Waals surface area contributed by atoms with Gasteiger partial charge in [0, 0.05) is 42.4 Å². The SMILES string of the molecule is C=CC(=N)N(CCSC)C(=O)/C=C/c1ccc(O)c(O)c1.CC.Cc1ccc(/C=C/C(=O)N(c2ccccn2)C2CCSC2)cc1. The first-order valence-corrected chi connectivity index (χ1v) is 17.6. The maximum absolute atomic E-state index is 12.8. The van der Waals surface area contributed by atoms with Crippen LogP contribution in [0.3, 0.4) is 0 Å². The van der Waals surface area contributed by atoms with Gasteiger partial charge in [-0.2, -0.15) is 23.5 Å². The Balaban J connectivity index is 0.000000305. The van der Waals surface area contributed by atoms with E-state index < -0.39 is 0 Å². The third-order valence-corrected chi connectivity index (χ3v) is 8.32. The molecular weight excluding hydrogens is 617 g/mol. The molecule has 1 atom stereocenters. The van der Waals surface area contributed by atoms with Gasteiger partial charge in [0.1, 0.15) is 11.7 Å². The first kappa shape index (κ1) is 37.9. The highest BCUT2D eigenvalue weighted by Crippen LogP contribution is 2.27. The molecule has 1 unspecified atom stereocenters. The number of carbonyl (C=O) groups is 2. The summed E-state index contributed by atoms with van der Waals surface area (Å²) in [5.41, 5.74) is 2.82. The van der Waals surface area contributed by atoms with Crippen LogP contribution in [-0.4, -0.2) is 73.8 Å². The Hall–Kier alpha value is -4.28. The van der Waals surface area contributed by atoms with Crippen LogP contribution in [0.2, 0.25) is 0 Å². The van der Waals surface area contributed by atoms with E-state index in [2.05, 4.69) is 18.5 Å². The van der Waals surface area contributed by atoms with Crippen LogP contribution in [0.15, 0.2) is 91.7 Å². The number of aromatic hydroxyl groups is 2. The zero-order valence-corrected chi connectivity index (χ0v) is 28.6. The van der Waals surface area contributed by atoms with Crippen LogP contribution in [-0.2, 0) is 9.59 Å². The van der Waals surface area contributed by atoms with Gasteiger partial charge in [0.25, 0.3) is 11.8 Å². The summed E-state index contributed by atoms with van der Waals surface area (Å²) in [5.74, 6) is 2.78. The third-order valence-electron chi connectivity index (χ3n) is 6.59. The number of pyridine rings is 1. The van der Waals surface area contributed by atoms with E-state index in [0.717, 1.165) is 35.1 Å². The van der Waals surface area contributed by atoms with Crippen LogP contribution in [0.25, 0.3) is 12.2 Å². The summed E-state index contributed by atoms with van der Waals surface area (Å²) in [4.78, 5) is 32.4. The number of phenolic OH excluding ortho intramolecular Hbond substituents is 2. The van der Waals surface area contributed by atoms with E-state index >= 15 is 0 Å². The lowest BCUT2D eigenvalue weighted by Gasteiger charge is -2.26. The Morgan fingerprint density at radius 2 is 1.70 bits per heavy atom. The van der Waals surface area contributed by atoms with Gasteiger partial charge in [-0.3, -0.25) is 24.8 Å². The smallest absolute Gasteiger partial charge is 0.252 e. The van der Waals surface area contributed by atoms with Crippen molar-refractivity contribution in [2.24, 2.45) is 0 Å². The highest BCUT2D eigenvalue weighted by atomic mass is 32.2. The fourth-order valence-electron chi connectivity index (χ4n) is 4.17. The van der Waals surface area contributed by atoms with Crippen molar-refractivity contribution in [3.05, 3.63) is 108 Å². The summed E-state index contributed by atoms with van der Waals surface area (Å²) in [6, 6.07) is 18.3. The van der Waals surface area contributed by atoms with E-state index in [1.165, 1.54) is 40.8 Å². The summed E-state index contributed by atoms with van der Waals surface area (Å²) in [7, 11) is 0. The maximum atomic E-state index is 12.8. The summed E-state index contributed by atoms with van der Waals surface area (Å²) >= 11 is 3.48. The minimum Gasteiger partial charge on any atom is -0.504 e. The van der Waals surface area contributed by atoms with E-state index in [1.807, 2.05) is 85.3 Å². The first-order chi connectivity index (χ1) is 22.2. The third kappa shape index (κ3) is 12.3. The zero-order chi connectivity index (χ0) is 33.9. The van der Waals surface area contributed by atoms with Gasteiger partial charge in [0.2, 0.25) is 0 Å². The second-order valence-electron chi connectivity index (χ2n) is 9.81. The van der Waals surface area contributed by atoms with Gasteiger partial charge in [-0.05, 0) is 79.0 Å². The lowest BCUT2D eigenvalue weighted by atomic mass is 10.1. The van der Waals surface area contributed by atoms with Gasteiger partial charge in [-0.25, -0.2) is 4.98 Å². The maximum Gasteiger partial charge on any atom is 0.252 e. The molecule has 0 saturated carbocycles. The van der Waals surface area contributed by atoms with Gasteiger partial charge in [0.05, 0.1) is 0 Å². The van der Waals surface area contributed by atoms with E-state index in [0.29, 0.717) is 12.1 Å². The lowest BCUT2D eigenvalue weighted by molar-refractivity contribution is -0.122. The quantitative estimate of drug-likeness (QED) is 0.0896. The van der Waals surface area contributed by atoms with Crippen molar-refractivity contribution in [1.29, 1.82) is 5.41 Å². The summed E-state index contributed by atoms with van der Waals surface area (Å²) in [6.45, 7) is 9.98. The average Bonchev–Trinajstić information content (AvgIpc) is 3.61. The Labute approximate surface area is 281 Å². The van der Waals surface area contributed by atoms with Gasteiger partial charge in [0.15, 0.2) is 11.5 Å². The van der Waals surface area contributed by atoms with Crippen molar-refractivity contribution in [2.75, 3.05) is 35.0 Å². The van der Waals surface area contributed by atoms with Gasteiger partial charge in [-0.1, -0.05) is 62.4 Å². The van der Waals surface area contributed by atoms with Crippen molar-refractivity contribution in [3.8, 4) is 11.5 Å². The highest BCUT2D eigenvalue weighted by Gasteiger charge is 2.28. The van der Waals surface area contributed by atoms with Gasteiger partial charge < -0.3 is 10.2 Å². The van der Waals surface area contributed by atoms with Crippen LogP contribution in [0.1, 0.15) is 37.0 Å². The Kier molecular flexibility index (Phi) is 17.1. The monoisotopic (exact) mass is 660 g/mol. The number of aromatic nitrogens is 1. The summed E-state index contributed by atoms with van der Waals surface area (Å²) in [5, 5.41) is 26.3. The molecule has 1 fully saturated rings. The molecule has 4 rings (SSSR count). The molecule has 8 nitrogen and oxygen atoms in total. The molecule has 46 heavy (non-hydrogen) atoms. The van der Waals surface area contributed by atoms with Crippen molar-refractivity contribution in [1.82, 2.24) is 9.88 Å². The van der Waals surface area contributed by atoms with Crippen molar-refractivity contribution in [2.45, 2.75) is 33.2 Å². The normalized spacial score (nSPS) is 13.7. The first-order valence-electron chi connectivity index (χ1n) is 15.0. The molecule has 0 spiro atoms. The number of anilines is 1. The largest absolute Gasteiger partial charge is 0.504 e. The van der Waals surface area contributed by atoms with Crippen molar-refractivity contribution in [3.63, 3.8) is 0 Å². The van der Waals surface area contributed by atoms with Crippen LogP contribution < -0.4 is 4.90 Å². The van der Waals surface area contributed by atoms with E-state index in [-0.39, 0.29) is 35.2 Å². The average molecular weight is 661 g/mol. The minimum atomic E-state index is -0.332. The topological polar surface area (TPSA) is 118 Å². The standard InChI is InChI=1S/C19H20N2OS.C15H18N2O3S.C2H6/c1-15-5-7-16(8-6-15)9-10-19(22)21(17-11-13-23-14-17)18-4-2-3-12-20-18;1-3-14(16)17(8-9-21-2)15(20)7-5-11-4-6-12(18)13(19)10-11;1-2/h2-10,12,17H,11,13-14H2,1H3;3-7,10,16,18-19H,1,8-9H2,2H3;1-2H3/b10-9+;7-5+,16-14?;. The van der Waals surface area contributed by atoms with Crippen molar-refractivity contribution >= 4 is 59.1 Å². The van der Waals surface area contributed by atoms with Crippen LogP contribution in [0.5, 0.6) is 11.5 Å². The lowest BCUT2D eigenvalue weighted by Crippen LogP contribution is -2.40. The summed E-state index contributed by atoms with van der Waals surface area (Å²) < 4.78 is 0. The predicted molar refractivity (Wildman–Crippen MR) is 196 cm³/mol. The number of amidine groups is 1. The van der Waals surface area contributed by atoms with Crippen LogP contribution >= 0.6 is 23.5 Å². The fraction of sp³-hybridized carbons (Fsp3) is 0.278. The Morgan fingerprint density at radius 3 is 2.28 bits per heavy atom. The highest BCUT2D eigenvalue weighted by molar-refractivity contribution is 7.99. The minimum absolute atomic E-state index is 0.00299. The molecule has 244 valence electrons. The molecule has 2 amide bonds. The number of thioether (sulfide) groups is 2. The number of nitrogens with zero attached hydrogens (tertiary/aromatic N) is 3. The summed E-state index contributed by atoms with van der Waals surface area (Å²) in [6.07, 6.45) is 12.4. The molecule has 1 aromatic heterocycles. The number of hydrogen-bond acceptors (Lipinski definition) is 8. The zero-order valence-electron chi connectivity index (χ0n) is 26.9. The molecule has 3 aromatic rings. The van der Waals surface area contributed by atoms with Gasteiger partial charge in [-0.15, -0.1) is 0 Å². The predicted octanol–water partition coefficient (Wildman–Crippen LogP) is 7.43. The molecule has 2 heterocycles. The number of amides is 2. The number of carbonyl (C=O) groups excluding carboxylic acids is 2. The van der Waals surface area contributed by atoms with Crippen LogP contribution in [0, 0.1) is 12.3 Å². The molecule has 1 aliphatic heterocycles. The van der Waals surface area contributed by atoms with Crippen molar-refractivity contribution < 1.29 is 19.8 Å². The molecule has 3 N–H and O–H groups in total. The van der Waals surface area contributed by atoms with E-state index in [1.54, 1.807) is 30.1 Å². The number of aryl methyl sites for hydroxylation is 1. The molecule has 0 aliphatic carbocycles. The molecule has 10 heteroatoms. The number of rotatable bonds is 10. The fourth-order valence-corrected chi connectivity index (χ4v) is 5.73. The Morgan fingerprint density at radius 1 is 1.02 bits per heavy atom. The second-order valence-corrected chi connectivity index (χ2v) is 11.9. The van der Waals surface area contributed by atoms with E-state index in [9.17, 15) is 19.8 Å².